The van der Waals surface area contributed by atoms with E-state index in [4.69, 9.17) is 0 Å². The van der Waals surface area contributed by atoms with Gasteiger partial charge >= 0.3 is 0 Å². The van der Waals surface area contributed by atoms with Gasteiger partial charge in [0.2, 0.25) is 0 Å². The maximum atomic E-state index is 11.7. The Morgan fingerprint density at radius 1 is 1.19 bits per heavy atom. The summed E-state index contributed by atoms with van der Waals surface area (Å²) in [6.07, 6.45) is 2.02. The van der Waals surface area contributed by atoms with Crippen LogP contribution in [0.2, 0.25) is 0 Å². The number of aryl methyl sites for hydroxylation is 1. The number of hydrogen-bond acceptors (Lipinski definition) is 1. The van der Waals surface area contributed by atoms with Gasteiger partial charge in [-0.25, -0.2) is 0 Å². The van der Waals surface area contributed by atoms with Crippen LogP contribution >= 0.6 is 0 Å². The van der Waals surface area contributed by atoms with Crippen LogP contribution in [-0.2, 0) is 7.05 Å². The number of Topliss-reactive ketones (excluding diaryl/α,β-unsaturated/α-hetero) is 1. The summed E-state index contributed by atoms with van der Waals surface area (Å²) in [5, 5.41) is 0. The Kier molecular flexibility index (Phi) is 2.65. The Bertz CT molecular complexity index is 523. The van der Waals surface area contributed by atoms with Gasteiger partial charge in [0, 0.05) is 30.1 Å². The van der Waals surface area contributed by atoms with E-state index in [0.717, 1.165) is 22.4 Å². The van der Waals surface area contributed by atoms with Crippen molar-refractivity contribution >= 4 is 5.78 Å². The fourth-order valence-electron chi connectivity index (χ4n) is 2.01. The molecular formula is C14H15NO. The van der Waals surface area contributed by atoms with Crippen LogP contribution in [0.4, 0.5) is 0 Å². The molecule has 0 atom stereocenters. The van der Waals surface area contributed by atoms with Crippen molar-refractivity contribution < 1.29 is 4.79 Å². The molecule has 0 saturated carbocycles. The van der Waals surface area contributed by atoms with Crippen molar-refractivity contribution in [2.24, 2.45) is 7.05 Å². The minimum absolute atomic E-state index is 0.122. The highest BCUT2D eigenvalue weighted by atomic mass is 16.1. The number of carbonyl (C=O) groups excluding carboxylic acids is 1. The molecule has 2 aromatic rings. The molecule has 1 aromatic heterocycles. The first-order chi connectivity index (χ1) is 7.61. The van der Waals surface area contributed by atoms with Crippen molar-refractivity contribution in [3.63, 3.8) is 0 Å². The fraction of sp³-hybridized carbons (Fsp3) is 0.214. The topological polar surface area (TPSA) is 22.0 Å². The smallest absolute Gasteiger partial charge is 0.162 e. The molecular weight excluding hydrogens is 198 g/mol. The zero-order valence-electron chi connectivity index (χ0n) is 9.82. The summed E-state index contributed by atoms with van der Waals surface area (Å²) in [6, 6.07) is 10.0. The summed E-state index contributed by atoms with van der Waals surface area (Å²) >= 11 is 0. The largest absolute Gasteiger partial charge is 0.353 e. The molecule has 2 heteroatoms. The third-order valence-electron chi connectivity index (χ3n) is 2.92. The van der Waals surface area contributed by atoms with Gasteiger partial charge in [-0.1, -0.05) is 30.3 Å². The van der Waals surface area contributed by atoms with E-state index in [-0.39, 0.29) is 5.78 Å². The van der Waals surface area contributed by atoms with Gasteiger partial charge < -0.3 is 4.57 Å². The van der Waals surface area contributed by atoms with E-state index in [2.05, 4.69) is 0 Å². The van der Waals surface area contributed by atoms with E-state index in [1.54, 1.807) is 6.92 Å². The van der Waals surface area contributed by atoms with Crippen LogP contribution < -0.4 is 0 Å². The van der Waals surface area contributed by atoms with Gasteiger partial charge in [-0.3, -0.25) is 4.79 Å². The van der Waals surface area contributed by atoms with Crippen molar-refractivity contribution in [1.29, 1.82) is 0 Å². The lowest BCUT2D eigenvalue weighted by Gasteiger charge is -2.01. The number of ketones is 1. The second-order valence-corrected chi connectivity index (χ2v) is 4.04. The lowest BCUT2D eigenvalue weighted by molar-refractivity contribution is 0.101. The number of rotatable bonds is 2. The fourth-order valence-corrected chi connectivity index (χ4v) is 2.01. The first-order valence-electron chi connectivity index (χ1n) is 5.33. The van der Waals surface area contributed by atoms with Gasteiger partial charge in [0.25, 0.3) is 0 Å². The highest BCUT2D eigenvalue weighted by Gasteiger charge is 2.15. The predicted octanol–water partition coefficient (Wildman–Crippen LogP) is 3.20. The van der Waals surface area contributed by atoms with Gasteiger partial charge in [-0.15, -0.1) is 0 Å². The SMILES string of the molecule is CC(=O)c1c(-c2ccccc2)cn(C)c1C. The molecule has 0 N–H and O–H groups in total. The highest BCUT2D eigenvalue weighted by Crippen LogP contribution is 2.27. The molecule has 0 aliphatic heterocycles. The number of nitrogens with zero attached hydrogens (tertiary/aromatic N) is 1. The van der Waals surface area contributed by atoms with Crippen LogP contribution in [0.3, 0.4) is 0 Å². The first-order valence-corrected chi connectivity index (χ1v) is 5.33. The molecule has 0 saturated heterocycles. The molecule has 0 bridgehead atoms. The molecule has 16 heavy (non-hydrogen) atoms. The molecule has 0 spiro atoms. The van der Waals surface area contributed by atoms with Crippen LogP contribution in [0.5, 0.6) is 0 Å². The summed E-state index contributed by atoms with van der Waals surface area (Å²) < 4.78 is 2.00. The number of carbonyl (C=O) groups is 1. The zero-order chi connectivity index (χ0) is 11.7. The molecule has 2 rings (SSSR count). The molecule has 1 heterocycles. The van der Waals surface area contributed by atoms with Crippen LogP contribution in [-0.4, -0.2) is 10.4 Å². The van der Waals surface area contributed by atoms with Gasteiger partial charge in [0.15, 0.2) is 5.78 Å². The third-order valence-corrected chi connectivity index (χ3v) is 2.92. The average molecular weight is 213 g/mol. The summed E-state index contributed by atoms with van der Waals surface area (Å²) in [6.45, 7) is 3.60. The number of benzene rings is 1. The molecule has 0 unspecified atom stereocenters. The molecule has 82 valence electrons. The van der Waals surface area contributed by atoms with Crippen LogP contribution in [0.1, 0.15) is 23.0 Å². The quantitative estimate of drug-likeness (QED) is 0.702. The van der Waals surface area contributed by atoms with Crippen molar-refractivity contribution in [2.75, 3.05) is 0 Å². The van der Waals surface area contributed by atoms with E-state index in [1.807, 2.05) is 55.1 Å². The van der Waals surface area contributed by atoms with E-state index in [9.17, 15) is 4.79 Å². The highest BCUT2D eigenvalue weighted by molar-refractivity contribution is 6.02. The predicted molar refractivity (Wildman–Crippen MR) is 65.6 cm³/mol. The Hall–Kier alpha value is -1.83. The molecule has 0 aliphatic carbocycles. The van der Waals surface area contributed by atoms with Crippen LogP contribution in [0, 0.1) is 6.92 Å². The van der Waals surface area contributed by atoms with Gasteiger partial charge in [0.05, 0.1) is 0 Å². The normalized spacial score (nSPS) is 10.4. The van der Waals surface area contributed by atoms with Crippen molar-refractivity contribution in [3.05, 3.63) is 47.8 Å². The van der Waals surface area contributed by atoms with Crippen molar-refractivity contribution in [1.82, 2.24) is 4.57 Å². The molecule has 0 aliphatic rings. The van der Waals surface area contributed by atoms with Crippen LogP contribution in [0.25, 0.3) is 11.1 Å². The monoisotopic (exact) mass is 213 g/mol. The molecule has 2 nitrogen and oxygen atoms in total. The summed E-state index contributed by atoms with van der Waals surface area (Å²) in [7, 11) is 1.97. The summed E-state index contributed by atoms with van der Waals surface area (Å²) in [5.74, 6) is 0.122. The standard InChI is InChI=1S/C14H15NO/c1-10-14(11(2)16)13(9-15(10)3)12-7-5-4-6-8-12/h4-9H,1-3H3. The van der Waals surface area contributed by atoms with Gasteiger partial charge in [0.1, 0.15) is 0 Å². The molecule has 1 aromatic carbocycles. The third kappa shape index (κ3) is 1.67. The maximum Gasteiger partial charge on any atom is 0.162 e. The lowest BCUT2D eigenvalue weighted by Crippen LogP contribution is -1.97. The second-order valence-electron chi connectivity index (χ2n) is 4.04. The molecule has 0 fully saturated rings. The summed E-state index contributed by atoms with van der Waals surface area (Å²) in [5.41, 5.74) is 3.96. The Morgan fingerprint density at radius 2 is 1.81 bits per heavy atom. The molecule has 0 radical (unpaired) electrons. The van der Waals surface area contributed by atoms with E-state index < -0.39 is 0 Å². The number of aromatic nitrogens is 1. The maximum absolute atomic E-state index is 11.7. The minimum atomic E-state index is 0.122. The second kappa shape index (κ2) is 3.97. The lowest BCUT2D eigenvalue weighted by atomic mass is 10.0. The van der Waals surface area contributed by atoms with Crippen molar-refractivity contribution in [3.8, 4) is 11.1 Å². The van der Waals surface area contributed by atoms with Crippen LogP contribution in [0.15, 0.2) is 36.5 Å². The number of hydrogen-bond donors (Lipinski definition) is 0. The summed E-state index contributed by atoms with van der Waals surface area (Å²) in [4.78, 5) is 11.7. The minimum Gasteiger partial charge on any atom is -0.353 e. The zero-order valence-corrected chi connectivity index (χ0v) is 9.82. The van der Waals surface area contributed by atoms with E-state index in [0.29, 0.717) is 0 Å². The Morgan fingerprint density at radius 3 is 2.38 bits per heavy atom. The molecule has 0 amide bonds. The van der Waals surface area contributed by atoms with Gasteiger partial charge in [-0.2, -0.15) is 0 Å². The van der Waals surface area contributed by atoms with Gasteiger partial charge in [-0.05, 0) is 19.4 Å². The Labute approximate surface area is 95.5 Å². The Balaban J connectivity index is 2.66. The van der Waals surface area contributed by atoms with Crippen molar-refractivity contribution in [2.45, 2.75) is 13.8 Å². The van der Waals surface area contributed by atoms with E-state index in [1.165, 1.54) is 0 Å². The first kappa shape index (κ1) is 10.7. The average Bonchev–Trinajstić information content (AvgIpc) is 2.57. The van der Waals surface area contributed by atoms with E-state index >= 15 is 0 Å².